The number of hydrogen-bond donors (Lipinski definition) is 0. The molecule has 90 valence electrons. The molecule has 8 heteroatoms. The van der Waals surface area contributed by atoms with Crippen LogP contribution in [0.1, 0.15) is 17.6 Å². The molecule has 1 rings (SSSR count). The second-order valence-corrected chi connectivity index (χ2v) is 3.46. The van der Waals surface area contributed by atoms with Crippen molar-refractivity contribution in [1.29, 1.82) is 0 Å². The SMILES string of the molecule is COc1cnc(Br)c(C(F)F)c1C(F)(F)F. The Hall–Kier alpha value is -0.920. The summed E-state index contributed by atoms with van der Waals surface area (Å²) in [7, 11) is 0.954. The van der Waals surface area contributed by atoms with Gasteiger partial charge in [0.2, 0.25) is 0 Å². The van der Waals surface area contributed by atoms with E-state index in [9.17, 15) is 22.0 Å². The van der Waals surface area contributed by atoms with Crippen LogP contribution in [-0.2, 0) is 6.18 Å². The second-order valence-electron chi connectivity index (χ2n) is 2.70. The van der Waals surface area contributed by atoms with Gasteiger partial charge < -0.3 is 4.74 Å². The molecule has 0 saturated heterocycles. The van der Waals surface area contributed by atoms with E-state index < -0.39 is 34.1 Å². The highest BCUT2D eigenvalue weighted by atomic mass is 79.9. The minimum Gasteiger partial charge on any atom is -0.494 e. The van der Waals surface area contributed by atoms with Crippen LogP contribution in [0.15, 0.2) is 10.8 Å². The highest BCUT2D eigenvalue weighted by Gasteiger charge is 2.40. The maximum absolute atomic E-state index is 12.6. The summed E-state index contributed by atoms with van der Waals surface area (Å²) < 4.78 is 66.6. The number of methoxy groups -OCH3 is 1. The van der Waals surface area contributed by atoms with Crippen LogP contribution >= 0.6 is 15.9 Å². The number of rotatable bonds is 2. The van der Waals surface area contributed by atoms with Gasteiger partial charge in [0.1, 0.15) is 15.9 Å². The summed E-state index contributed by atoms with van der Waals surface area (Å²) in [5, 5.41) is 0. The van der Waals surface area contributed by atoms with Crippen LogP contribution in [0.3, 0.4) is 0 Å². The van der Waals surface area contributed by atoms with Gasteiger partial charge in [0.15, 0.2) is 0 Å². The lowest BCUT2D eigenvalue weighted by molar-refractivity contribution is -0.140. The zero-order chi connectivity index (χ0) is 12.5. The minimum atomic E-state index is -4.93. The Balaban J connectivity index is 3.56. The van der Waals surface area contributed by atoms with Gasteiger partial charge in [0.05, 0.1) is 18.9 Å². The van der Waals surface area contributed by atoms with Crippen molar-refractivity contribution in [3.05, 3.63) is 21.9 Å². The van der Waals surface area contributed by atoms with Gasteiger partial charge in [0, 0.05) is 0 Å². The maximum atomic E-state index is 12.6. The lowest BCUT2D eigenvalue weighted by Gasteiger charge is -2.16. The molecule has 1 aromatic heterocycles. The molecule has 0 saturated carbocycles. The lowest BCUT2D eigenvalue weighted by atomic mass is 10.1. The molecule has 0 aliphatic heterocycles. The lowest BCUT2D eigenvalue weighted by Crippen LogP contribution is -2.13. The molecule has 0 spiro atoms. The molecular weight excluding hydrogens is 301 g/mol. The van der Waals surface area contributed by atoms with Gasteiger partial charge in [-0.15, -0.1) is 0 Å². The number of pyridine rings is 1. The monoisotopic (exact) mass is 305 g/mol. The van der Waals surface area contributed by atoms with Crippen LogP contribution in [0.4, 0.5) is 22.0 Å². The van der Waals surface area contributed by atoms with E-state index in [-0.39, 0.29) is 0 Å². The van der Waals surface area contributed by atoms with Crippen LogP contribution in [0.5, 0.6) is 5.75 Å². The fourth-order valence-corrected chi connectivity index (χ4v) is 1.61. The number of ether oxygens (including phenoxy) is 1. The van der Waals surface area contributed by atoms with Crippen molar-refractivity contribution in [1.82, 2.24) is 4.98 Å². The van der Waals surface area contributed by atoms with Crippen molar-refractivity contribution >= 4 is 15.9 Å². The van der Waals surface area contributed by atoms with Crippen molar-refractivity contribution in [2.75, 3.05) is 7.11 Å². The first-order chi connectivity index (χ1) is 7.29. The van der Waals surface area contributed by atoms with E-state index in [1.165, 1.54) is 0 Å². The summed E-state index contributed by atoms with van der Waals surface area (Å²) in [6.45, 7) is 0. The molecule has 0 N–H and O–H groups in total. The van der Waals surface area contributed by atoms with Crippen LogP contribution in [0.25, 0.3) is 0 Å². The van der Waals surface area contributed by atoms with Crippen molar-refractivity contribution in [3.63, 3.8) is 0 Å². The molecule has 0 fully saturated rings. The molecule has 0 unspecified atom stereocenters. The molecule has 0 amide bonds. The number of alkyl halides is 5. The molecule has 0 aromatic carbocycles. The summed E-state index contributed by atoms with van der Waals surface area (Å²) in [6.07, 6.45) is -7.49. The highest BCUT2D eigenvalue weighted by Crippen LogP contribution is 2.43. The Kier molecular flexibility index (Phi) is 3.72. The van der Waals surface area contributed by atoms with Crippen LogP contribution in [0, 0.1) is 0 Å². The predicted molar refractivity (Wildman–Crippen MR) is 48.4 cm³/mol. The first-order valence-corrected chi connectivity index (χ1v) is 4.66. The third kappa shape index (κ3) is 2.42. The van der Waals surface area contributed by atoms with Crippen molar-refractivity contribution in [2.45, 2.75) is 12.6 Å². The van der Waals surface area contributed by atoms with Crippen molar-refractivity contribution < 1.29 is 26.7 Å². The van der Waals surface area contributed by atoms with E-state index in [0.717, 1.165) is 13.3 Å². The van der Waals surface area contributed by atoms with Gasteiger partial charge in [-0.05, 0) is 15.9 Å². The van der Waals surface area contributed by atoms with Crippen molar-refractivity contribution in [2.24, 2.45) is 0 Å². The third-order valence-corrected chi connectivity index (χ3v) is 2.39. The zero-order valence-corrected chi connectivity index (χ0v) is 9.36. The zero-order valence-electron chi connectivity index (χ0n) is 7.78. The van der Waals surface area contributed by atoms with Crippen LogP contribution in [0.2, 0.25) is 0 Å². The fraction of sp³-hybridized carbons (Fsp3) is 0.375. The Labute approximate surface area is 95.6 Å². The predicted octanol–water partition coefficient (Wildman–Crippen LogP) is 3.81. The third-order valence-electron chi connectivity index (χ3n) is 1.75. The van der Waals surface area contributed by atoms with Gasteiger partial charge >= 0.3 is 6.18 Å². The number of halogens is 6. The number of hydrogen-bond acceptors (Lipinski definition) is 2. The van der Waals surface area contributed by atoms with E-state index in [0.29, 0.717) is 0 Å². The molecule has 0 aliphatic rings. The van der Waals surface area contributed by atoms with E-state index in [2.05, 4.69) is 25.7 Å². The van der Waals surface area contributed by atoms with Gasteiger partial charge in [-0.2, -0.15) is 13.2 Å². The standard InChI is InChI=1S/C8H5BrF5NO/c1-16-3-2-15-6(9)4(7(10)11)5(3)8(12,13)14/h2,7H,1H3. The van der Waals surface area contributed by atoms with Crippen LogP contribution in [-0.4, -0.2) is 12.1 Å². The van der Waals surface area contributed by atoms with Gasteiger partial charge in [-0.3, -0.25) is 0 Å². The Morgan fingerprint density at radius 3 is 2.31 bits per heavy atom. The molecule has 0 radical (unpaired) electrons. The van der Waals surface area contributed by atoms with E-state index in [1.54, 1.807) is 0 Å². The van der Waals surface area contributed by atoms with E-state index in [1.807, 2.05) is 0 Å². The quantitative estimate of drug-likeness (QED) is 0.612. The Morgan fingerprint density at radius 2 is 1.94 bits per heavy atom. The average Bonchev–Trinajstić information content (AvgIpc) is 2.15. The molecule has 0 bridgehead atoms. The molecule has 2 nitrogen and oxygen atoms in total. The highest BCUT2D eigenvalue weighted by molar-refractivity contribution is 9.10. The first-order valence-electron chi connectivity index (χ1n) is 3.86. The normalized spacial score (nSPS) is 12.0. The largest absolute Gasteiger partial charge is 0.494 e. The Morgan fingerprint density at radius 1 is 1.38 bits per heavy atom. The van der Waals surface area contributed by atoms with Gasteiger partial charge in [-0.25, -0.2) is 13.8 Å². The molecule has 16 heavy (non-hydrogen) atoms. The Bertz CT molecular complexity index is 393. The molecule has 0 aliphatic carbocycles. The summed E-state index contributed by atoms with van der Waals surface area (Å²) in [4.78, 5) is 3.36. The summed E-state index contributed by atoms with van der Waals surface area (Å²) in [5.74, 6) is -0.731. The minimum absolute atomic E-state index is 0.546. The summed E-state index contributed by atoms with van der Waals surface area (Å²) >= 11 is 2.56. The van der Waals surface area contributed by atoms with Crippen molar-refractivity contribution in [3.8, 4) is 5.75 Å². The number of aromatic nitrogens is 1. The molecule has 0 atom stereocenters. The van der Waals surface area contributed by atoms with Gasteiger partial charge in [0.25, 0.3) is 6.43 Å². The van der Waals surface area contributed by atoms with E-state index in [4.69, 9.17) is 0 Å². The first kappa shape index (κ1) is 13.1. The molecule has 1 heterocycles. The molecular formula is C8H5BrF5NO. The van der Waals surface area contributed by atoms with E-state index >= 15 is 0 Å². The average molecular weight is 306 g/mol. The van der Waals surface area contributed by atoms with Crippen LogP contribution < -0.4 is 4.74 Å². The summed E-state index contributed by atoms with van der Waals surface area (Å²) in [6, 6.07) is 0. The number of nitrogens with zero attached hydrogens (tertiary/aromatic N) is 1. The fourth-order valence-electron chi connectivity index (χ4n) is 1.13. The topological polar surface area (TPSA) is 22.1 Å². The molecule has 1 aromatic rings. The summed E-state index contributed by atoms with van der Waals surface area (Å²) in [5.41, 5.74) is -2.72. The maximum Gasteiger partial charge on any atom is 0.420 e. The second kappa shape index (κ2) is 4.52. The van der Waals surface area contributed by atoms with Gasteiger partial charge in [-0.1, -0.05) is 0 Å². The smallest absolute Gasteiger partial charge is 0.420 e.